The number of likely N-dealkylation sites (N-methyl/N-ethyl adjacent to an activating group) is 2. The molecule has 0 fully saturated rings. The fourth-order valence-corrected chi connectivity index (χ4v) is 2.52. The number of nitrogens with one attached hydrogen (secondary N) is 1. The average Bonchev–Trinajstić information content (AvgIpc) is 2.33. The van der Waals surface area contributed by atoms with Crippen molar-refractivity contribution in [2.75, 3.05) is 43.9 Å². The van der Waals surface area contributed by atoms with Crippen LogP contribution in [0.25, 0.3) is 0 Å². The summed E-state index contributed by atoms with van der Waals surface area (Å²) in [6.07, 6.45) is 1.81. The third-order valence-electron chi connectivity index (χ3n) is 2.83. The third-order valence-corrected chi connectivity index (χ3v) is 3.39. The lowest BCUT2D eigenvalue weighted by atomic mass is 10.2. The van der Waals surface area contributed by atoms with Crippen molar-refractivity contribution >= 4 is 27.7 Å². The lowest BCUT2D eigenvalue weighted by Gasteiger charge is -2.31. The first-order chi connectivity index (χ1) is 8.99. The molecule has 108 valence electrons. The van der Waals surface area contributed by atoms with Crippen LogP contribution in [0, 0.1) is 0 Å². The van der Waals surface area contributed by atoms with Gasteiger partial charge in [0.25, 0.3) is 0 Å². The first-order valence-corrected chi connectivity index (χ1v) is 7.46. The van der Waals surface area contributed by atoms with E-state index in [0.29, 0.717) is 12.0 Å². The SMILES string of the molecule is CCNc1ncc(Br)c(N(CC)C(C)CN(C)C)n1. The Morgan fingerprint density at radius 2 is 2.05 bits per heavy atom. The Balaban J connectivity index is 2.99. The highest BCUT2D eigenvalue weighted by atomic mass is 79.9. The van der Waals surface area contributed by atoms with Crippen LogP contribution in [0.15, 0.2) is 10.7 Å². The molecule has 1 unspecified atom stereocenters. The number of nitrogens with zero attached hydrogens (tertiary/aromatic N) is 4. The van der Waals surface area contributed by atoms with Gasteiger partial charge in [-0.1, -0.05) is 0 Å². The fraction of sp³-hybridized carbons (Fsp3) is 0.692. The summed E-state index contributed by atoms with van der Waals surface area (Å²) < 4.78 is 0.932. The van der Waals surface area contributed by atoms with E-state index in [1.165, 1.54) is 0 Å². The highest BCUT2D eigenvalue weighted by Crippen LogP contribution is 2.25. The molecule has 1 aromatic rings. The second kappa shape index (κ2) is 7.65. The Kier molecular flexibility index (Phi) is 6.51. The van der Waals surface area contributed by atoms with Crippen molar-refractivity contribution in [1.29, 1.82) is 0 Å². The van der Waals surface area contributed by atoms with Gasteiger partial charge in [-0.25, -0.2) is 4.98 Å². The van der Waals surface area contributed by atoms with E-state index in [2.05, 4.69) is 69.0 Å². The zero-order chi connectivity index (χ0) is 14.4. The van der Waals surface area contributed by atoms with E-state index in [1.54, 1.807) is 0 Å². The highest BCUT2D eigenvalue weighted by Gasteiger charge is 2.18. The number of halogens is 1. The van der Waals surface area contributed by atoms with Crippen molar-refractivity contribution in [3.8, 4) is 0 Å². The molecule has 0 radical (unpaired) electrons. The number of rotatable bonds is 7. The lowest BCUT2D eigenvalue weighted by Crippen LogP contribution is -2.40. The molecule has 0 bridgehead atoms. The van der Waals surface area contributed by atoms with Gasteiger partial charge >= 0.3 is 0 Å². The monoisotopic (exact) mass is 329 g/mol. The van der Waals surface area contributed by atoms with Crippen LogP contribution < -0.4 is 10.2 Å². The topological polar surface area (TPSA) is 44.3 Å². The van der Waals surface area contributed by atoms with Crippen molar-refractivity contribution < 1.29 is 0 Å². The smallest absolute Gasteiger partial charge is 0.224 e. The predicted molar refractivity (Wildman–Crippen MR) is 84.9 cm³/mol. The predicted octanol–water partition coefficient (Wildman–Crippen LogP) is 2.45. The molecular formula is C13H24BrN5. The van der Waals surface area contributed by atoms with Crippen molar-refractivity contribution in [3.63, 3.8) is 0 Å². The van der Waals surface area contributed by atoms with Gasteiger partial charge in [0.05, 0.1) is 4.47 Å². The molecule has 19 heavy (non-hydrogen) atoms. The maximum Gasteiger partial charge on any atom is 0.224 e. The van der Waals surface area contributed by atoms with Crippen molar-refractivity contribution in [1.82, 2.24) is 14.9 Å². The van der Waals surface area contributed by atoms with Gasteiger partial charge in [-0.3, -0.25) is 0 Å². The van der Waals surface area contributed by atoms with Gasteiger partial charge in [0.2, 0.25) is 5.95 Å². The van der Waals surface area contributed by atoms with E-state index in [-0.39, 0.29) is 0 Å². The Morgan fingerprint density at radius 3 is 2.58 bits per heavy atom. The van der Waals surface area contributed by atoms with Crippen LogP contribution in [0.2, 0.25) is 0 Å². The molecule has 0 aromatic carbocycles. The van der Waals surface area contributed by atoms with Gasteiger partial charge in [0.15, 0.2) is 0 Å². The van der Waals surface area contributed by atoms with Crippen molar-refractivity contribution in [3.05, 3.63) is 10.7 Å². The third kappa shape index (κ3) is 4.62. The quantitative estimate of drug-likeness (QED) is 0.832. The van der Waals surface area contributed by atoms with Gasteiger partial charge in [-0.05, 0) is 50.8 Å². The van der Waals surface area contributed by atoms with E-state index in [1.807, 2.05) is 13.1 Å². The molecule has 1 N–H and O–H groups in total. The molecule has 6 heteroatoms. The minimum absolute atomic E-state index is 0.390. The summed E-state index contributed by atoms with van der Waals surface area (Å²) in [7, 11) is 4.17. The van der Waals surface area contributed by atoms with E-state index >= 15 is 0 Å². The van der Waals surface area contributed by atoms with Crippen molar-refractivity contribution in [2.24, 2.45) is 0 Å². The summed E-state index contributed by atoms with van der Waals surface area (Å²) in [4.78, 5) is 13.3. The molecule has 1 aromatic heterocycles. The van der Waals surface area contributed by atoms with Crippen LogP contribution in [0.5, 0.6) is 0 Å². The molecule has 0 spiro atoms. The Bertz CT molecular complexity index is 397. The molecule has 0 aliphatic carbocycles. The van der Waals surface area contributed by atoms with E-state index < -0.39 is 0 Å². The second-order valence-electron chi connectivity index (χ2n) is 4.79. The van der Waals surface area contributed by atoms with Crippen LogP contribution >= 0.6 is 15.9 Å². The maximum absolute atomic E-state index is 4.60. The van der Waals surface area contributed by atoms with Gasteiger partial charge in [-0.15, -0.1) is 0 Å². The molecule has 0 aliphatic heterocycles. The van der Waals surface area contributed by atoms with Gasteiger partial charge < -0.3 is 15.1 Å². The summed E-state index contributed by atoms with van der Waals surface area (Å²) in [5.41, 5.74) is 0. The number of aromatic nitrogens is 2. The van der Waals surface area contributed by atoms with Gasteiger partial charge in [0.1, 0.15) is 5.82 Å². The summed E-state index contributed by atoms with van der Waals surface area (Å²) in [5.74, 6) is 1.62. The van der Waals surface area contributed by atoms with Crippen LogP contribution in [0.4, 0.5) is 11.8 Å². The first-order valence-electron chi connectivity index (χ1n) is 6.67. The second-order valence-corrected chi connectivity index (χ2v) is 5.65. The Labute approximate surface area is 124 Å². The zero-order valence-corrected chi connectivity index (χ0v) is 14.0. The largest absolute Gasteiger partial charge is 0.354 e. The molecule has 0 aliphatic rings. The summed E-state index contributed by atoms with van der Waals surface area (Å²) >= 11 is 3.55. The summed E-state index contributed by atoms with van der Waals surface area (Å²) in [5, 5.41) is 3.15. The van der Waals surface area contributed by atoms with Crippen LogP contribution in [-0.2, 0) is 0 Å². The fourth-order valence-electron chi connectivity index (χ4n) is 2.10. The van der Waals surface area contributed by atoms with E-state index in [4.69, 9.17) is 0 Å². The molecule has 5 nitrogen and oxygen atoms in total. The lowest BCUT2D eigenvalue weighted by molar-refractivity contribution is 0.372. The van der Waals surface area contributed by atoms with Gasteiger partial charge in [-0.2, -0.15) is 4.98 Å². The molecular weight excluding hydrogens is 306 g/mol. The van der Waals surface area contributed by atoms with Crippen LogP contribution in [0.3, 0.4) is 0 Å². The zero-order valence-electron chi connectivity index (χ0n) is 12.4. The summed E-state index contributed by atoms with van der Waals surface area (Å²) in [6, 6.07) is 0.390. The standard InChI is InChI=1S/C13H24BrN5/c1-6-15-13-16-8-11(14)12(17-13)19(7-2)10(3)9-18(4)5/h8,10H,6-7,9H2,1-5H3,(H,15,16,17). The highest BCUT2D eigenvalue weighted by molar-refractivity contribution is 9.10. The van der Waals surface area contributed by atoms with Crippen molar-refractivity contribution in [2.45, 2.75) is 26.8 Å². The molecule has 1 heterocycles. The maximum atomic E-state index is 4.60. The van der Waals surface area contributed by atoms with Crippen LogP contribution in [0.1, 0.15) is 20.8 Å². The van der Waals surface area contributed by atoms with Gasteiger partial charge in [0, 0.05) is 31.9 Å². The molecule has 0 amide bonds. The number of anilines is 2. The molecule has 1 rings (SSSR count). The van der Waals surface area contributed by atoms with E-state index in [0.717, 1.165) is 29.9 Å². The minimum atomic E-state index is 0.390. The van der Waals surface area contributed by atoms with Crippen LogP contribution in [-0.4, -0.2) is 54.6 Å². The molecule has 0 saturated heterocycles. The number of hydrogen-bond donors (Lipinski definition) is 1. The van der Waals surface area contributed by atoms with E-state index in [9.17, 15) is 0 Å². The number of hydrogen-bond acceptors (Lipinski definition) is 5. The average molecular weight is 330 g/mol. The molecule has 1 atom stereocenters. The summed E-state index contributed by atoms with van der Waals surface area (Å²) in [6.45, 7) is 9.12. The normalized spacial score (nSPS) is 12.6. The minimum Gasteiger partial charge on any atom is -0.354 e. The Morgan fingerprint density at radius 1 is 1.37 bits per heavy atom. The first kappa shape index (κ1) is 16.2. The Hall–Kier alpha value is -0.880. The molecule has 0 saturated carbocycles.